The minimum absolute atomic E-state index is 0.0868. The van der Waals surface area contributed by atoms with Crippen molar-refractivity contribution >= 4 is 34.6 Å². The van der Waals surface area contributed by atoms with E-state index in [4.69, 9.17) is 0 Å². The first-order chi connectivity index (χ1) is 8.18. The van der Waals surface area contributed by atoms with Gasteiger partial charge in [0.15, 0.2) is 11.5 Å². The summed E-state index contributed by atoms with van der Waals surface area (Å²) in [6.07, 6.45) is 1.72. The summed E-state index contributed by atoms with van der Waals surface area (Å²) in [5.41, 5.74) is 1.68. The molecular formula is C12H10N2O2S. The SMILES string of the molecule is Cc1ccc2c(O)c3c(c(O)c2n1)SCC=N3. The van der Waals surface area contributed by atoms with Gasteiger partial charge >= 0.3 is 0 Å². The van der Waals surface area contributed by atoms with E-state index in [-0.39, 0.29) is 11.5 Å². The number of aromatic nitrogens is 1. The van der Waals surface area contributed by atoms with Crippen LogP contribution in [0.2, 0.25) is 0 Å². The van der Waals surface area contributed by atoms with Crippen molar-refractivity contribution in [2.24, 2.45) is 4.99 Å². The van der Waals surface area contributed by atoms with Crippen LogP contribution >= 0.6 is 11.8 Å². The van der Waals surface area contributed by atoms with Gasteiger partial charge in [0.25, 0.3) is 0 Å². The molecule has 0 atom stereocenters. The highest BCUT2D eigenvalue weighted by Crippen LogP contribution is 2.49. The fourth-order valence-electron chi connectivity index (χ4n) is 1.89. The van der Waals surface area contributed by atoms with Crippen molar-refractivity contribution in [3.63, 3.8) is 0 Å². The maximum Gasteiger partial charge on any atom is 0.157 e. The Bertz CT molecular complexity index is 653. The number of hydrogen-bond donors (Lipinski definition) is 2. The van der Waals surface area contributed by atoms with Gasteiger partial charge in [0.1, 0.15) is 11.2 Å². The second kappa shape index (κ2) is 3.63. The number of aromatic hydroxyl groups is 2. The molecule has 0 spiro atoms. The van der Waals surface area contributed by atoms with E-state index in [0.717, 1.165) is 5.69 Å². The minimum atomic E-state index is 0.0868. The van der Waals surface area contributed by atoms with Crippen LogP contribution in [0.5, 0.6) is 11.5 Å². The van der Waals surface area contributed by atoms with Gasteiger partial charge in [-0.25, -0.2) is 4.98 Å². The Hall–Kier alpha value is -1.75. The highest BCUT2D eigenvalue weighted by atomic mass is 32.2. The predicted molar refractivity (Wildman–Crippen MR) is 68.7 cm³/mol. The van der Waals surface area contributed by atoms with Gasteiger partial charge in [0.05, 0.1) is 4.90 Å². The van der Waals surface area contributed by atoms with Gasteiger partial charge in [0.2, 0.25) is 0 Å². The van der Waals surface area contributed by atoms with E-state index in [2.05, 4.69) is 9.98 Å². The van der Waals surface area contributed by atoms with Gasteiger partial charge in [-0.2, -0.15) is 0 Å². The number of aliphatic imine (C=N–C) groups is 1. The van der Waals surface area contributed by atoms with E-state index < -0.39 is 0 Å². The van der Waals surface area contributed by atoms with Gasteiger partial charge in [-0.1, -0.05) is 0 Å². The molecule has 2 aromatic rings. The average molecular weight is 246 g/mol. The normalized spacial score (nSPS) is 13.9. The lowest BCUT2D eigenvalue weighted by Crippen LogP contribution is -1.93. The number of nitrogens with zero attached hydrogens (tertiary/aromatic N) is 2. The maximum absolute atomic E-state index is 10.2. The average Bonchev–Trinajstić information content (AvgIpc) is 2.36. The number of phenolic OH excluding ortho intramolecular Hbond substituents is 2. The Labute approximate surface area is 102 Å². The quantitative estimate of drug-likeness (QED) is 0.701. The number of rotatable bonds is 0. The van der Waals surface area contributed by atoms with Crippen molar-refractivity contribution in [2.45, 2.75) is 11.8 Å². The molecule has 86 valence electrons. The monoisotopic (exact) mass is 246 g/mol. The maximum atomic E-state index is 10.2. The summed E-state index contributed by atoms with van der Waals surface area (Å²) in [6.45, 7) is 1.85. The van der Waals surface area contributed by atoms with Crippen LogP contribution in [0.3, 0.4) is 0 Å². The van der Waals surface area contributed by atoms with Crippen LogP contribution < -0.4 is 0 Å². The molecule has 0 fully saturated rings. The molecule has 2 N–H and O–H groups in total. The lowest BCUT2D eigenvalue weighted by Gasteiger charge is -2.15. The van der Waals surface area contributed by atoms with E-state index in [1.54, 1.807) is 18.3 Å². The van der Waals surface area contributed by atoms with Gasteiger partial charge in [-0.15, -0.1) is 11.8 Å². The van der Waals surface area contributed by atoms with Crippen LogP contribution in [0.25, 0.3) is 10.9 Å². The predicted octanol–water partition coefficient (Wildman–Crippen LogP) is 2.76. The molecular weight excluding hydrogens is 236 g/mol. The van der Waals surface area contributed by atoms with Gasteiger partial charge < -0.3 is 10.2 Å². The van der Waals surface area contributed by atoms with Crippen molar-refractivity contribution < 1.29 is 10.2 Å². The first-order valence-electron chi connectivity index (χ1n) is 5.19. The standard InChI is InChI=1S/C12H10N2O2S/c1-6-2-3-7-8(14-6)11(16)12-9(10(7)15)13-4-5-17-12/h2-4,15-16H,5H2,1H3. The molecule has 5 heteroatoms. The summed E-state index contributed by atoms with van der Waals surface area (Å²) in [5.74, 6) is 0.888. The number of benzene rings is 1. The highest BCUT2D eigenvalue weighted by Gasteiger charge is 2.21. The zero-order valence-corrected chi connectivity index (χ0v) is 9.95. The van der Waals surface area contributed by atoms with Crippen LogP contribution in [0.4, 0.5) is 5.69 Å². The Balaban J connectivity index is 2.48. The topological polar surface area (TPSA) is 65.7 Å². The molecule has 3 rings (SSSR count). The number of phenols is 2. The first kappa shape index (κ1) is 10.4. The molecule has 0 saturated carbocycles. The Kier molecular flexibility index (Phi) is 2.22. The smallest absolute Gasteiger partial charge is 0.157 e. The van der Waals surface area contributed by atoms with Crippen molar-refractivity contribution in [1.82, 2.24) is 4.98 Å². The molecule has 4 nitrogen and oxygen atoms in total. The lowest BCUT2D eigenvalue weighted by molar-refractivity contribution is 0.458. The summed E-state index contributed by atoms with van der Waals surface area (Å²) in [5, 5.41) is 20.8. The van der Waals surface area contributed by atoms with Crippen molar-refractivity contribution in [3.8, 4) is 11.5 Å². The third-order valence-corrected chi connectivity index (χ3v) is 3.68. The molecule has 1 aliphatic rings. The van der Waals surface area contributed by atoms with Gasteiger partial charge in [-0.05, 0) is 19.1 Å². The van der Waals surface area contributed by atoms with Crippen molar-refractivity contribution in [1.29, 1.82) is 0 Å². The molecule has 0 bridgehead atoms. The number of pyridine rings is 1. The summed E-state index contributed by atoms with van der Waals surface area (Å²) < 4.78 is 0. The molecule has 1 aromatic heterocycles. The molecule has 1 aromatic carbocycles. The minimum Gasteiger partial charge on any atom is -0.505 e. The van der Waals surface area contributed by atoms with E-state index in [1.807, 2.05) is 6.92 Å². The number of thioether (sulfide) groups is 1. The summed E-state index contributed by atoms with van der Waals surface area (Å²) >= 11 is 1.45. The van der Waals surface area contributed by atoms with Gasteiger partial charge in [0, 0.05) is 23.0 Å². The molecule has 0 amide bonds. The van der Waals surface area contributed by atoms with Crippen molar-refractivity contribution in [2.75, 3.05) is 5.75 Å². The van der Waals surface area contributed by atoms with Crippen LogP contribution in [0.15, 0.2) is 22.0 Å². The number of hydrogen-bond acceptors (Lipinski definition) is 5. The number of aryl methyl sites for hydroxylation is 1. The van der Waals surface area contributed by atoms with E-state index in [1.165, 1.54) is 11.8 Å². The van der Waals surface area contributed by atoms with Crippen LogP contribution in [-0.2, 0) is 0 Å². The van der Waals surface area contributed by atoms with Crippen molar-refractivity contribution in [3.05, 3.63) is 17.8 Å². The molecule has 0 unspecified atom stereocenters. The largest absolute Gasteiger partial charge is 0.505 e. The summed E-state index contributed by atoms with van der Waals surface area (Å²) in [4.78, 5) is 9.02. The van der Waals surface area contributed by atoms with Crippen LogP contribution in [-0.4, -0.2) is 27.2 Å². The number of fused-ring (bicyclic) bond motifs is 2. The van der Waals surface area contributed by atoms with E-state index >= 15 is 0 Å². The van der Waals surface area contributed by atoms with Crippen LogP contribution in [0, 0.1) is 6.92 Å². The third-order valence-electron chi connectivity index (χ3n) is 2.69. The fraction of sp³-hybridized carbons (Fsp3) is 0.167. The summed E-state index contributed by atoms with van der Waals surface area (Å²) in [7, 11) is 0. The van der Waals surface area contributed by atoms with Crippen LogP contribution in [0.1, 0.15) is 5.69 Å². The molecule has 2 heterocycles. The molecule has 1 aliphatic heterocycles. The second-order valence-corrected chi connectivity index (χ2v) is 4.88. The lowest BCUT2D eigenvalue weighted by atomic mass is 10.1. The third kappa shape index (κ3) is 1.46. The van der Waals surface area contributed by atoms with Gasteiger partial charge in [-0.3, -0.25) is 4.99 Å². The van der Waals surface area contributed by atoms with E-state index in [0.29, 0.717) is 27.2 Å². The fourth-order valence-corrected chi connectivity index (χ4v) is 2.72. The summed E-state index contributed by atoms with van der Waals surface area (Å²) in [6, 6.07) is 3.55. The Morgan fingerprint density at radius 2 is 2.06 bits per heavy atom. The molecule has 0 saturated heterocycles. The van der Waals surface area contributed by atoms with E-state index in [9.17, 15) is 10.2 Å². The molecule has 0 aliphatic carbocycles. The zero-order chi connectivity index (χ0) is 12.0. The zero-order valence-electron chi connectivity index (χ0n) is 9.14. The molecule has 17 heavy (non-hydrogen) atoms. The Morgan fingerprint density at radius 3 is 2.88 bits per heavy atom. The highest BCUT2D eigenvalue weighted by molar-refractivity contribution is 8.00. The Morgan fingerprint density at radius 1 is 1.24 bits per heavy atom. The first-order valence-corrected chi connectivity index (χ1v) is 6.17. The molecule has 0 radical (unpaired) electrons. The second-order valence-electron chi connectivity index (χ2n) is 3.85.